The fraction of sp³-hybridized carbons (Fsp3) is 0.154. The van der Waals surface area contributed by atoms with Crippen molar-refractivity contribution in [3.8, 4) is 5.75 Å². The second-order valence-electron chi connectivity index (χ2n) is 7.28. The van der Waals surface area contributed by atoms with Gasteiger partial charge < -0.3 is 4.74 Å². The van der Waals surface area contributed by atoms with Gasteiger partial charge in [0, 0.05) is 6.54 Å². The van der Waals surface area contributed by atoms with E-state index in [0.29, 0.717) is 29.0 Å². The van der Waals surface area contributed by atoms with Crippen LogP contribution in [0, 0.1) is 5.82 Å². The number of carbonyl (C=O) groups is 1. The van der Waals surface area contributed by atoms with Gasteiger partial charge in [-0.3, -0.25) is 9.69 Å². The molecule has 1 saturated heterocycles. The van der Waals surface area contributed by atoms with Crippen LogP contribution in [-0.4, -0.2) is 22.5 Å². The number of amides is 1. The summed E-state index contributed by atoms with van der Waals surface area (Å²) < 4.78 is 18.8. The van der Waals surface area contributed by atoms with Gasteiger partial charge >= 0.3 is 0 Å². The first kappa shape index (κ1) is 21.8. The van der Waals surface area contributed by atoms with Crippen molar-refractivity contribution in [2.24, 2.45) is 4.99 Å². The molecular formula is C26H23FN2O2S. The number of halogens is 1. The van der Waals surface area contributed by atoms with Crippen LogP contribution in [0.3, 0.4) is 0 Å². The number of thioether (sulfide) groups is 1. The minimum Gasteiger partial charge on any atom is -0.489 e. The van der Waals surface area contributed by atoms with Gasteiger partial charge in [0.25, 0.3) is 5.91 Å². The zero-order chi connectivity index (χ0) is 22.3. The molecule has 0 saturated carbocycles. The van der Waals surface area contributed by atoms with E-state index in [1.807, 2.05) is 67.6 Å². The lowest BCUT2D eigenvalue weighted by Gasteiger charge is -2.13. The van der Waals surface area contributed by atoms with E-state index < -0.39 is 0 Å². The molecular weight excluding hydrogens is 423 g/mol. The summed E-state index contributed by atoms with van der Waals surface area (Å²) in [4.78, 5) is 20.0. The average Bonchev–Trinajstić information content (AvgIpc) is 3.09. The van der Waals surface area contributed by atoms with Crippen molar-refractivity contribution in [1.29, 1.82) is 0 Å². The van der Waals surface area contributed by atoms with Crippen LogP contribution in [0.2, 0.25) is 0 Å². The predicted molar refractivity (Wildman–Crippen MR) is 128 cm³/mol. The Morgan fingerprint density at radius 3 is 2.41 bits per heavy atom. The highest BCUT2D eigenvalue weighted by molar-refractivity contribution is 8.18. The van der Waals surface area contributed by atoms with Gasteiger partial charge in [0.15, 0.2) is 5.17 Å². The van der Waals surface area contributed by atoms with Crippen molar-refractivity contribution in [2.75, 3.05) is 6.54 Å². The second kappa shape index (κ2) is 10.3. The largest absolute Gasteiger partial charge is 0.489 e. The van der Waals surface area contributed by atoms with Gasteiger partial charge in [0.05, 0.1) is 10.6 Å². The van der Waals surface area contributed by atoms with Gasteiger partial charge in [0.2, 0.25) is 0 Å². The summed E-state index contributed by atoms with van der Waals surface area (Å²) >= 11 is 1.39. The second-order valence-corrected chi connectivity index (χ2v) is 8.29. The number of ether oxygens (including phenoxy) is 1. The van der Waals surface area contributed by atoms with Crippen LogP contribution in [0.4, 0.5) is 10.1 Å². The van der Waals surface area contributed by atoms with Crippen molar-refractivity contribution in [3.05, 3.63) is 101 Å². The number of carbonyl (C=O) groups excluding carboxylic acids is 1. The maximum absolute atomic E-state index is 13.0. The summed E-state index contributed by atoms with van der Waals surface area (Å²) in [7, 11) is 0. The van der Waals surface area contributed by atoms with E-state index in [0.717, 1.165) is 23.2 Å². The number of para-hydroxylation sites is 1. The van der Waals surface area contributed by atoms with E-state index in [4.69, 9.17) is 4.74 Å². The summed E-state index contributed by atoms with van der Waals surface area (Å²) in [5, 5.41) is 0.702. The SMILES string of the molecule is CCCN1C(=O)C(=Cc2ccc(OCc3ccc(F)cc3)cc2)SC1=Nc1ccccc1. The molecule has 3 aromatic rings. The monoisotopic (exact) mass is 446 g/mol. The molecule has 0 unspecified atom stereocenters. The number of benzene rings is 3. The Kier molecular flexibility index (Phi) is 7.02. The zero-order valence-corrected chi connectivity index (χ0v) is 18.5. The normalized spacial score (nSPS) is 16.2. The summed E-state index contributed by atoms with van der Waals surface area (Å²) in [6.45, 7) is 3.04. The first-order valence-corrected chi connectivity index (χ1v) is 11.3. The first-order chi connectivity index (χ1) is 15.6. The standard InChI is InChI=1S/C26H23FN2O2S/c1-2-16-29-25(30)24(32-26(29)28-22-6-4-3-5-7-22)17-19-10-14-23(15-11-19)31-18-20-8-12-21(27)13-9-20/h3-15,17H,2,16,18H2,1H3. The zero-order valence-electron chi connectivity index (χ0n) is 17.7. The molecule has 32 heavy (non-hydrogen) atoms. The van der Waals surface area contributed by atoms with E-state index in [9.17, 15) is 9.18 Å². The molecule has 3 aromatic carbocycles. The minimum absolute atomic E-state index is 0.0248. The molecule has 0 aliphatic carbocycles. The van der Waals surface area contributed by atoms with Crippen LogP contribution in [0.15, 0.2) is 88.8 Å². The highest BCUT2D eigenvalue weighted by Gasteiger charge is 2.32. The molecule has 1 aliphatic heterocycles. The third kappa shape index (κ3) is 5.45. The molecule has 1 heterocycles. The Morgan fingerprint density at radius 1 is 1.00 bits per heavy atom. The molecule has 4 nitrogen and oxygen atoms in total. The average molecular weight is 447 g/mol. The molecule has 1 aliphatic rings. The molecule has 0 N–H and O–H groups in total. The van der Waals surface area contributed by atoms with E-state index in [1.54, 1.807) is 17.0 Å². The van der Waals surface area contributed by atoms with E-state index >= 15 is 0 Å². The third-order valence-corrected chi connectivity index (χ3v) is 5.82. The van der Waals surface area contributed by atoms with Crippen molar-refractivity contribution in [1.82, 2.24) is 4.90 Å². The Hall–Kier alpha value is -3.38. The summed E-state index contributed by atoms with van der Waals surface area (Å²) in [5.41, 5.74) is 2.63. The molecule has 0 spiro atoms. The number of amidine groups is 1. The quantitative estimate of drug-likeness (QED) is 0.393. The van der Waals surface area contributed by atoms with E-state index in [2.05, 4.69) is 4.99 Å². The Morgan fingerprint density at radius 2 is 1.72 bits per heavy atom. The van der Waals surface area contributed by atoms with Gasteiger partial charge in [-0.1, -0.05) is 49.4 Å². The number of nitrogens with zero attached hydrogens (tertiary/aromatic N) is 2. The molecule has 4 rings (SSSR count). The van der Waals surface area contributed by atoms with Crippen molar-refractivity contribution in [3.63, 3.8) is 0 Å². The van der Waals surface area contributed by atoms with Crippen LogP contribution in [-0.2, 0) is 11.4 Å². The van der Waals surface area contributed by atoms with Crippen LogP contribution < -0.4 is 4.74 Å². The van der Waals surface area contributed by atoms with Gasteiger partial charge in [-0.15, -0.1) is 0 Å². The van der Waals surface area contributed by atoms with Crippen molar-refractivity contribution >= 4 is 34.6 Å². The molecule has 0 bridgehead atoms. The summed E-state index contributed by atoms with van der Waals surface area (Å²) in [6, 6.07) is 23.5. The minimum atomic E-state index is -0.264. The van der Waals surface area contributed by atoms with Crippen LogP contribution in [0.1, 0.15) is 24.5 Å². The molecule has 1 fully saturated rings. The number of rotatable bonds is 7. The highest BCUT2D eigenvalue weighted by Crippen LogP contribution is 2.34. The molecule has 1 amide bonds. The summed E-state index contributed by atoms with van der Waals surface area (Å²) in [5.74, 6) is 0.420. The number of hydrogen-bond acceptors (Lipinski definition) is 4. The molecule has 0 radical (unpaired) electrons. The lowest BCUT2D eigenvalue weighted by atomic mass is 10.2. The van der Waals surface area contributed by atoms with E-state index in [1.165, 1.54) is 23.9 Å². The highest BCUT2D eigenvalue weighted by atomic mass is 32.2. The van der Waals surface area contributed by atoms with Gasteiger partial charge in [-0.05, 0) is 71.8 Å². The van der Waals surface area contributed by atoms with Crippen LogP contribution in [0.25, 0.3) is 6.08 Å². The topological polar surface area (TPSA) is 41.9 Å². The number of aliphatic imine (C=N–C) groups is 1. The third-order valence-electron chi connectivity index (χ3n) is 4.81. The van der Waals surface area contributed by atoms with Crippen molar-refractivity contribution in [2.45, 2.75) is 20.0 Å². The van der Waals surface area contributed by atoms with Crippen LogP contribution in [0.5, 0.6) is 5.75 Å². The fourth-order valence-corrected chi connectivity index (χ4v) is 4.21. The smallest absolute Gasteiger partial charge is 0.266 e. The van der Waals surface area contributed by atoms with E-state index in [-0.39, 0.29) is 11.7 Å². The Bertz CT molecular complexity index is 1130. The van der Waals surface area contributed by atoms with Gasteiger partial charge in [0.1, 0.15) is 18.2 Å². The molecule has 0 atom stereocenters. The molecule has 162 valence electrons. The maximum Gasteiger partial charge on any atom is 0.266 e. The number of hydrogen-bond donors (Lipinski definition) is 0. The Labute approximate surface area is 191 Å². The van der Waals surface area contributed by atoms with Gasteiger partial charge in [-0.25, -0.2) is 9.38 Å². The maximum atomic E-state index is 13.0. The summed E-state index contributed by atoms with van der Waals surface area (Å²) in [6.07, 6.45) is 2.74. The fourth-order valence-electron chi connectivity index (χ4n) is 3.18. The van der Waals surface area contributed by atoms with Crippen molar-refractivity contribution < 1.29 is 13.9 Å². The first-order valence-electron chi connectivity index (χ1n) is 10.4. The molecule has 0 aromatic heterocycles. The Balaban J connectivity index is 1.47. The lowest BCUT2D eigenvalue weighted by molar-refractivity contribution is -0.122. The predicted octanol–water partition coefficient (Wildman–Crippen LogP) is 6.42. The molecule has 6 heteroatoms. The van der Waals surface area contributed by atoms with Crippen LogP contribution >= 0.6 is 11.8 Å². The lowest BCUT2D eigenvalue weighted by Crippen LogP contribution is -2.29. The van der Waals surface area contributed by atoms with Gasteiger partial charge in [-0.2, -0.15) is 0 Å².